The lowest BCUT2D eigenvalue weighted by atomic mass is 11.8. The molecule has 0 aromatic carbocycles. The molecular formula is C2H5O4PS. The van der Waals surface area contributed by atoms with E-state index in [1.165, 1.54) is 0 Å². The highest BCUT2D eigenvalue weighted by atomic mass is 32.2. The van der Waals surface area contributed by atoms with Crippen molar-refractivity contribution in [2.24, 2.45) is 0 Å². The van der Waals surface area contributed by atoms with Gasteiger partial charge in [-0.3, -0.25) is 8.75 Å². The van der Waals surface area contributed by atoms with Crippen LogP contribution in [0.25, 0.3) is 0 Å². The predicted octanol–water partition coefficient (Wildman–Crippen LogP) is 0.212. The van der Waals surface area contributed by atoms with Crippen LogP contribution in [0.15, 0.2) is 0 Å². The number of hydrogen-bond acceptors (Lipinski definition) is 4. The Kier molecular flexibility index (Phi) is 3.12. The van der Waals surface area contributed by atoms with Crippen LogP contribution in [-0.2, 0) is 18.9 Å². The third kappa shape index (κ3) is 3.07. The van der Waals surface area contributed by atoms with Crippen molar-refractivity contribution in [1.82, 2.24) is 0 Å². The van der Waals surface area contributed by atoms with E-state index in [0.29, 0.717) is 0 Å². The molecule has 0 aliphatic carbocycles. The molecule has 0 heterocycles. The fourth-order valence-corrected chi connectivity index (χ4v) is 1.06. The van der Waals surface area contributed by atoms with Crippen molar-refractivity contribution < 1.29 is 17.2 Å². The van der Waals surface area contributed by atoms with Gasteiger partial charge in [0.1, 0.15) is 0 Å². The van der Waals surface area contributed by atoms with Crippen LogP contribution in [-0.4, -0.2) is 21.0 Å². The lowest BCUT2D eigenvalue weighted by Gasteiger charge is -1.89. The molecule has 0 amide bonds. The van der Waals surface area contributed by atoms with E-state index in [4.69, 9.17) is 0 Å². The first kappa shape index (κ1) is 8.01. The normalized spacial score (nSPS) is 12.1. The molecule has 0 aliphatic rings. The van der Waals surface area contributed by atoms with Gasteiger partial charge in [-0.05, 0) is 0 Å². The molecule has 0 aromatic rings. The second-order valence-electron chi connectivity index (χ2n) is 0.983. The molecule has 0 bridgehead atoms. The van der Waals surface area contributed by atoms with Crippen molar-refractivity contribution in [2.45, 2.75) is 0 Å². The Balaban J connectivity index is 3.94. The van der Waals surface area contributed by atoms with Gasteiger partial charge in [-0.1, -0.05) is 0 Å². The number of hydrogen-bond donors (Lipinski definition) is 0. The Morgan fingerprint density at radius 2 is 2.12 bits per heavy atom. The maximum Gasteiger partial charge on any atom is 0.278 e. The van der Waals surface area contributed by atoms with Crippen molar-refractivity contribution >= 4 is 18.6 Å². The van der Waals surface area contributed by atoms with Crippen molar-refractivity contribution in [1.29, 1.82) is 0 Å². The monoisotopic (exact) mass is 156 g/mol. The van der Waals surface area contributed by atoms with E-state index in [1.807, 2.05) is 0 Å². The van der Waals surface area contributed by atoms with Crippen molar-refractivity contribution in [3.63, 3.8) is 0 Å². The quantitative estimate of drug-likeness (QED) is 0.433. The van der Waals surface area contributed by atoms with Crippen LogP contribution in [0.1, 0.15) is 0 Å². The summed E-state index contributed by atoms with van der Waals surface area (Å²) < 4.78 is 33.9. The molecule has 4 nitrogen and oxygen atoms in total. The molecule has 6 heteroatoms. The lowest BCUT2D eigenvalue weighted by Crippen LogP contribution is -2.01. The molecule has 0 saturated carbocycles. The zero-order chi connectivity index (χ0) is 6.62. The summed E-state index contributed by atoms with van der Waals surface area (Å²) in [4.78, 5) is 0. The highest BCUT2D eigenvalue weighted by Gasteiger charge is 2.05. The van der Waals surface area contributed by atoms with Gasteiger partial charge in [0.15, 0.2) is 14.0 Å². The lowest BCUT2D eigenvalue weighted by molar-refractivity contribution is 0.401. The topological polar surface area (TPSA) is 60.4 Å². The largest absolute Gasteiger partial charge is 0.278 e. The number of rotatable bonds is 3. The van der Waals surface area contributed by atoms with Gasteiger partial charge in [-0.2, -0.15) is 8.42 Å². The Morgan fingerprint density at radius 1 is 1.62 bits per heavy atom. The van der Waals surface area contributed by atoms with Gasteiger partial charge in [-0.15, -0.1) is 0 Å². The smallest absolute Gasteiger partial charge is 0.274 e. The minimum Gasteiger partial charge on any atom is -0.274 e. The van der Waals surface area contributed by atoms with E-state index in [0.717, 1.165) is 7.11 Å². The molecule has 0 saturated heterocycles. The summed E-state index contributed by atoms with van der Waals surface area (Å²) >= 11 is 0. The van der Waals surface area contributed by atoms with Crippen LogP contribution in [0.4, 0.5) is 0 Å². The van der Waals surface area contributed by atoms with Crippen LogP contribution in [0.2, 0.25) is 0 Å². The highest BCUT2D eigenvalue weighted by molar-refractivity contribution is 7.90. The predicted molar refractivity (Wildman–Crippen MR) is 28.4 cm³/mol. The second kappa shape index (κ2) is 3.12. The maximum atomic E-state index is 10.2. The summed E-state index contributed by atoms with van der Waals surface area (Å²) in [6, 6.07) is 0. The van der Waals surface area contributed by atoms with Gasteiger partial charge >= 0.3 is 0 Å². The summed E-state index contributed by atoms with van der Waals surface area (Å²) in [7, 11) is -2.90. The fourth-order valence-electron chi connectivity index (χ4n) is 0.117. The van der Waals surface area contributed by atoms with E-state index in [1.54, 1.807) is 0 Å². The van der Waals surface area contributed by atoms with Gasteiger partial charge < -0.3 is 0 Å². The second-order valence-corrected chi connectivity index (χ2v) is 3.72. The summed E-state index contributed by atoms with van der Waals surface area (Å²) in [6.45, 7) is 0. The average Bonchev–Trinajstić information content (AvgIpc) is 1.67. The summed E-state index contributed by atoms with van der Waals surface area (Å²) in [5.41, 5.74) is -0.469. The molecule has 0 spiro atoms. The van der Waals surface area contributed by atoms with Crippen LogP contribution in [0.3, 0.4) is 0 Å². The first-order valence-electron chi connectivity index (χ1n) is 1.70. The molecule has 0 rings (SSSR count). The molecule has 0 fully saturated rings. The van der Waals surface area contributed by atoms with Crippen LogP contribution in [0, 0.1) is 0 Å². The molecule has 0 atom stereocenters. The zero-order valence-corrected chi connectivity index (χ0v) is 5.91. The van der Waals surface area contributed by atoms with E-state index in [2.05, 4.69) is 4.18 Å². The van der Waals surface area contributed by atoms with Gasteiger partial charge in [0.25, 0.3) is 10.1 Å². The molecule has 48 valence electrons. The van der Waals surface area contributed by atoms with E-state index < -0.39 is 24.1 Å². The van der Waals surface area contributed by atoms with Crippen LogP contribution < -0.4 is 0 Å². The van der Waals surface area contributed by atoms with Gasteiger partial charge in [-0.25, -0.2) is 0 Å². The Morgan fingerprint density at radius 3 is 2.25 bits per heavy atom. The molecular weight excluding hydrogens is 151 g/mol. The summed E-state index contributed by atoms with van der Waals surface area (Å²) in [5, 5.41) is 0. The molecule has 0 aromatic heterocycles. The molecule has 0 radical (unpaired) electrons. The third-order valence-corrected chi connectivity index (χ3v) is 2.66. The van der Waals surface area contributed by atoms with E-state index in [-0.39, 0.29) is 0 Å². The molecule has 0 N–H and O–H groups in total. The average molecular weight is 156 g/mol. The van der Waals surface area contributed by atoms with Crippen molar-refractivity contribution in [3.05, 3.63) is 0 Å². The standard InChI is InChI=1S/C2H5O4PS/c1-6-8(4,5)2-7-3/h2H2,1H3. The SMILES string of the molecule is COS(=O)(=O)CP=O. The Labute approximate surface area is 49.2 Å². The third-order valence-electron chi connectivity index (χ3n) is 0.465. The van der Waals surface area contributed by atoms with Crippen molar-refractivity contribution in [3.8, 4) is 0 Å². The molecule has 0 aliphatic heterocycles. The Hall–Kier alpha value is 0.01000. The fraction of sp³-hybridized carbons (Fsp3) is 1.00. The highest BCUT2D eigenvalue weighted by Crippen LogP contribution is 1.99. The summed E-state index contributed by atoms with van der Waals surface area (Å²) in [6.07, 6.45) is 0. The van der Waals surface area contributed by atoms with Gasteiger partial charge in [0, 0.05) is 0 Å². The molecule has 0 unspecified atom stereocenters. The molecule has 8 heavy (non-hydrogen) atoms. The van der Waals surface area contributed by atoms with Crippen molar-refractivity contribution in [2.75, 3.05) is 12.6 Å². The van der Waals surface area contributed by atoms with Gasteiger partial charge in [0.2, 0.25) is 0 Å². The zero-order valence-electron chi connectivity index (χ0n) is 4.20. The van der Waals surface area contributed by atoms with E-state index in [9.17, 15) is 13.0 Å². The van der Waals surface area contributed by atoms with Gasteiger partial charge in [0.05, 0.1) is 7.11 Å². The summed E-state index contributed by atoms with van der Waals surface area (Å²) in [5.74, 6) is 0. The van der Waals surface area contributed by atoms with E-state index >= 15 is 0 Å². The van der Waals surface area contributed by atoms with Crippen LogP contribution >= 0.6 is 8.46 Å². The first-order valence-corrected chi connectivity index (χ1v) is 4.27. The maximum absolute atomic E-state index is 10.2. The van der Waals surface area contributed by atoms with Crippen LogP contribution in [0.5, 0.6) is 0 Å². The minimum atomic E-state index is -3.49. The Bertz CT molecular complexity index is 159. The minimum absolute atomic E-state index is 0.438. The first-order chi connectivity index (χ1) is 3.62.